The van der Waals surface area contributed by atoms with Crippen LogP contribution in [0.3, 0.4) is 0 Å². The summed E-state index contributed by atoms with van der Waals surface area (Å²) >= 11 is 1.51. The van der Waals surface area contributed by atoms with Crippen molar-refractivity contribution in [2.24, 2.45) is 0 Å². The van der Waals surface area contributed by atoms with Gasteiger partial charge in [0.25, 0.3) is 0 Å². The predicted octanol–water partition coefficient (Wildman–Crippen LogP) is 1.35. The molecule has 1 N–H and O–H groups in total. The lowest BCUT2D eigenvalue weighted by Crippen LogP contribution is -1.92. The largest absolute Gasteiger partial charge is 0.371 e. The van der Waals surface area contributed by atoms with Crippen molar-refractivity contribution in [2.75, 3.05) is 0 Å². The lowest BCUT2D eigenvalue weighted by atomic mass is 10.6. The van der Waals surface area contributed by atoms with E-state index in [9.17, 15) is 0 Å². The van der Waals surface area contributed by atoms with Gasteiger partial charge in [-0.2, -0.15) is 0 Å². The molecule has 2 radical (unpaired) electrons. The third-order valence-corrected chi connectivity index (χ3v) is 1.08. The Labute approximate surface area is 47.5 Å². The van der Waals surface area contributed by atoms with Crippen LogP contribution in [0.25, 0.3) is 0 Å². The van der Waals surface area contributed by atoms with Crippen LogP contribution >= 0.6 is 11.8 Å². The van der Waals surface area contributed by atoms with Crippen molar-refractivity contribution >= 4 is 11.8 Å². The SMILES string of the molecule is [C]1NC=CC=CS1. The molecule has 0 spiro atoms. The van der Waals surface area contributed by atoms with Crippen molar-refractivity contribution in [3.8, 4) is 0 Å². The van der Waals surface area contributed by atoms with Gasteiger partial charge in [0.1, 0.15) is 0 Å². The van der Waals surface area contributed by atoms with E-state index in [1.807, 2.05) is 23.8 Å². The molecule has 1 aliphatic heterocycles. The minimum Gasteiger partial charge on any atom is -0.371 e. The van der Waals surface area contributed by atoms with E-state index in [0.29, 0.717) is 0 Å². The van der Waals surface area contributed by atoms with Gasteiger partial charge < -0.3 is 5.32 Å². The van der Waals surface area contributed by atoms with Gasteiger partial charge >= 0.3 is 0 Å². The standard InChI is InChI=1S/C5H5NS/c1-2-4-7-5-6-3-1/h1-4,6H. The van der Waals surface area contributed by atoms with Crippen LogP contribution in [0.1, 0.15) is 0 Å². The normalized spacial score (nSPS) is 18.3. The van der Waals surface area contributed by atoms with Crippen molar-refractivity contribution in [3.05, 3.63) is 29.6 Å². The Balaban J connectivity index is 2.39. The lowest BCUT2D eigenvalue weighted by molar-refractivity contribution is 1.17. The average molecular weight is 111 g/mol. The molecule has 0 amide bonds. The minimum atomic E-state index is 1.51. The molecule has 0 bridgehead atoms. The highest BCUT2D eigenvalue weighted by Gasteiger charge is 1.81. The summed E-state index contributed by atoms with van der Waals surface area (Å²) in [6.07, 6.45) is 5.71. The Morgan fingerprint density at radius 1 is 1.43 bits per heavy atom. The molecular weight excluding hydrogens is 106 g/mol. The Morgan fingerprint density at radius 3 is 3.43 bits per heavy atom. The Bertz CT molecular complexity index is 84.3. The number of hydrogen-bond donors (Lipinski definition) is 1. The van der Waals surface area contributed by atoms with Crippen molar-refractivity contribution in [1.82, 2.24) is 5.32 Å². The molecule has 0 aromatic rings. The average Bonchev–Trinajstić information content (AvgIpc) is 1.90. The van der Waals surface area contributed by atoms with Gasteiger partial charge in [-0.1, -0.05) is 17.8 Å². The van der Waals surface area contributed by atoms with E-state index in [-0.39, 0.29) is 0 Å². The van der Waals surface area contributed by atoms with Crippen LogP contribution in [0.5, 0.6) is 0 Å². The van der Waals surface area contributed by atoms with E-state index in [1.54, 1.807) is 0 Å². The van der Waals surface area contributed by atoms with Crippen molar-refractivity contribution < 1.29 is 0 Å². The van der Waals surface area contributed by atoms with Crippen LogP contribution in [0.4, 0.5) is 0 Å². The topological polar surface area (TPSA) is 12.0 Å². The van der Waals surface area contributed by atoms with Crippen LogP contribution in [-0.2, 0) is 0 Å². The maximum atomic E-state index is 2.84. The molecule has 36 valence electrons. The zero-order valence-electron chi connectivity index (χ0n) is 3.72. The highest BCUT2D eigenvalue weighted by atomic mass is 32.2. The van der Waals surface area contributed by atoms with E-state index in [4.69, 9.17) is 0 Å². The molecule has 0 unspecified atom stereocenters. The molecule has 2 heteroatoms. The maximum absolute atomic E-state index is 2.84. The third-order valence-electron chi connectivity index (χ3n) is 0.555. The van der Waals surface area contributed by atoms with Crippen molar-refractivity contribution in [2.45, 2.75) is 0 Å². The highest BCUT2D eigenvalue weighted by Crippen LogP contribution is 2.05. The zero-order valence-corrected chi connectivity index (χ0v) is 4.53. The monoisotopic (exact) mass is 111 g/mol. The lowest BCUT2D eigenvalue weighted by Gasteiger charge is -1.85. The van der Waals surface area contributed by atoms with Gasteiger partial charge in [0, 0.05) is 0 Å². The fourth-order valence-corrected chi connectivity index (χ4v) is 0.664. The molecule has 0 saturated carbocycles. The van der Waals surface area contributed by atoms with E-state index < -0.39 is 0 Å². The number of rotatable bonds is 0. The second kappa shape index (κ2) is 2.75. The van der Waals surface area contributed by atoms with Crippen LogP contribution in [0, 0.1) is 5.88 Å². The molecule has 1 aliphatic rings. The maximum Gasteiger partial charge on any atom is 0.160 e. The summed E-state index contributed by atoms with van der Waals surface area (Å²) in [5.74, 6) is 2.84. The van der Waals surface area contributed by atoms with E-state index >= 15 is 0 Å². The quantitative estimate of drug-likeness (QED) is 0.506. The molecule has 0 aromatic carbocycles. The summed E-state index contributed by atoms with van der Waals surface area (Å²) < 4.78 is 0. The first-order valence-corrected chi connectivity index (χ1v) is 2.86. The van der Waals surface area contributed by atoms with Gasteiger partial charge in [0.2, 0.25) is 0 Å². The minimum absolute atomic E-state index is 1.51. The molecule has 0 fully saturated rings. The number of nitrogens with one attached hydrogen (secondary N) is 1. The summed E-state index contributed by atoms with van der Waals surface area (Å²) in [6.45, 7) is 0. The number of hydrogen-bond acceptors (Lipinski definition) is 2. The van der Waals surface area contributed by atoms with Gasteiger partial charge in [0.05, 0.1) is 0 Å². The summed E-state index contributed by atoms with van der Waals surface area (Å²) in [5.41, 5.74) is 0. The molecule has 1 rings (SSSR count). The molecule has 1 nitrogen and oxygen atoms in total. The van der Waals surface area contributed by atoms with E-state index in [1.165, 1.54) is 11.8 Å². The third kappa shape index (κ3) is 1.69. The molecule has 0 atom stereocenters. The van der Waals surface area contributed by atoms with Gasteiger partial charge in [-0.05, 0) is 17.7 Å². The fourth-order valence-electron chi connectivity index (χ4n) is 0.290. The summed E-state index contributed by atoms with van der Waals surface area (Å²) in [4.78, 5) is 0. The van der Waals surface area contributed by atoms with Crippen LogP contribution in [0.2, 0.25) is 0 Å². The van der Waals surface area contributed by atoms with Gasteiger partial charge in [0.15, 0.2) is 5.88 Å². The molecular formula is C5H5NS. The molecule has 0 saturated heterocycles. The van der Waals surface area contributed by atoms with E-state index in [2.05, 4.69) is 11.2 Å². The second-order valence-electron chi connectivity index (χ2n) is 1.05. The summed E-state index contributed by atoms with van der Waals surface area (Å²) in [7, 11) is 0. The number of allylic oxidation sites excluding steroid dienone is 2. The van der Waals surface area contributed by atoms with Gasteiger partial charge in [-0.3, -0.25) is 0 Å². The summed E-state index contributed by atoms with van der Waals surface area (Å²) in [6, 6.07) is 0. The fraction of sp³-hybridized carbons (Fsp3) is 0. The predicted molar refractivity (Wildman–Crippen MR) is 32.2 cm³/mol. The number of thioether (sulfide) groups is 1. The first kappa shape index (κ1) is 4.78. The smallest absolute Gasteiger partial charge is 0.160 e. The van der Waals surface area contributed by atoms with Crippen LogP contribution < -0.4 is 5.32 Å². The van der Waals surface area contributed by atoms with E-state index in [0.717, 1.165) is 0 Å². The Hall–Kier alpha value is -0.370. The first-order chi connectivity index (χ1) is 3.50. The molecule has 7 heavy (non-hydrogen) atoms. The van der Waals surface area contributed by atoms with Crippen LogP contribution in [-0.4, -0.2) is 0 Å². The van der Waals surface area contributed by atoms with Crippen molar-refractivity contribution in [3.63, 3.8) is 0 Å². The second-order valence-corrected chi connectivity index (χ2v) is 1.76. The van der Waals surface area contributed by atoms with Gasteiger partial charge in [-0.15, -0.1) is 0 Å². The van der Waals surface area contributed by atoms with Crippen LogP contribution in [0.15, 0.2) is 23.8 Å². The Morgan fingerprint density at radius 2 is 2.43 bits per heavy atom. The zero-order chi connectivity index (χ0) is 4.95. The molecule has 1 heterocycles. The highest BCUT2D eigenvalue weighted by molar-refractivity contribution is 8.04. The molecule has 0 aromatic heterocycles. The first-order valence-electron chi connectivity index (χ1n) is 1.98. The van der Waals surface area contributed by atoms with Gasteiger partial charge in [-0.25, -0.2) is 0 Å². The Kier molecular flexibility index (Phi) is 1.88. The summed E-state index contributed by atoms with van der Waals surface area (Å²) in [5, 5.41) is 4.77. The van der Waals surface area contributed by atoms with Crippen molar-refractivity contribution in [1.29, 1.82) is 0 Å². The molecule has 0 aliphatic carbocycles.